The van der Waals surface area contributed by atoms with Gasteiger partial charge in [0, 0.05) is 16.8 Å². The van der Waals surface area contributed by atoms with Crippen molar-refractivity contribution in [2.24, 2.45) is 7.05 Å². The molecular weight excluding hydrogens is 448 g/mol. The van der Waals surface area contributed by atoms with Crippen LogP contribution in [0, 0.1) is 6.92 Å². The molecule has 1 aliphatic carbocycles. The number of hydrogen-bond acceptors (Lipinski definition) is 0. The van der Waals surface area contributed by atoms with Gasteiger partial charge in [-0.3, -0.25) is 0 Å². The van der Waals surface area contributed by atoms with Crippen LogP contribution in [0.15, 0.2) is 85.1 Å². The van der Waals surface area contributed by atoms with Gasteiger partial charge in [0.1, 0.15) is 7.05 Å². The fourth-order valence-corrected chi connectivity index (χ4v) is 7.32. The van der Waals surface area contributed by atoms with Crippen molar-refractivity contribution in [2.75, 3.05) is 0 Å². The van der Waals surface area contributed by atoms with E-state index >= 15 is 0 Å². The molecule has 0 radical (unpaired) electrons. The highest BCUT2D eigenvalue weighted by Crippen LogP contribution is 2.45. The molecule has 180 valence electrons. The Morgan fingerprint density at radius 1 is 0.757 bits per heavy atom. The third kappa shape index (κ3) is 2.90. The first kappa shape index (κ1) is 21.2. The highest BCUT2D eigenvalue weighted by molar-refractivity contribution is 6.27. The molecular formula is C35H31N2+. The lowest BCUT2D eigenvalue weighted by atomic mass is 9.83. The van der Waals surface area contributed by atoms with Crippen LogP contribution in [-0.4, -0.2) is 4.40 Å². The van der Waals surface area contributed by atoms with E-state index in [2.05, 4.69) is 108 Å². The van der Waals surface area contributed by atoms with Gasteiger partial charge in [-0.25, -0.2) is 4.57 Å². The summed E-state index contributed by atoms with van der Waals surface area (Å²) in [5.74, 6) is 0.669. The van der Waals surface area contributed by atoms with Crippen molar-refractivity contribution >= 4 is 49.0 Å². The zero-order valence-electron chi connectivity index (χ0n) is 21.6. The van der Waals surface area contributed by atoms with Crippen LogP contribution in [-0.2, 0) is 7.05 Å². The van der Waals surface area contributed by atoms with Gasteiger partial charge >= 0.3 is 0 Å². The number of fused-ring (bicyclic) bond motifs is 5. The van der Waals surface area contributed by atoms with Gasteiger partial charge in [-0.15, -0.1) is 0 Å². The molecule has 1 aliphatic rings. The van der Waals surface area contributed by atoms with Crippen LogP contribution in [0.2, 0.25) is 0 Å². The van der Waals surface area contributed by atoms with Gasteiger partial charge in [-0.1, -0.05) is 79.9 Å². The SMILES string of the molecule is Cc1ccc2c3c(-c4ccccc4)cccc3n3c4cc(C5CCCCC5)cc5cc[n+](C)c(c1c23)c54. The minimum atomic E-state index is 0.669. The average molecular weight is 480 g/mol. The van der Waals surface area contributed by atoms with E-state index in [-0.39, 0.29) is 0 Å². The Hall–Kier alpha value is -3.91. The van der Waals surface area contributed by atoms with Gasteiger partial charge in [0.25, 0.3) is 0 Å². The maximum Gasteiger partial charge on any atom is 0.224 e. The van der Waals surface area contributed by atoms with Crippen molar-refractivity contribution in [3.63, 3.8) is 0 Å². The molecule has 0 aliphatic heterocycles. The third-order valence-corrected chi connectivity index (χ3v) is 9.04. The van der Waals surface area contributed by atoms with Crippen molar-refractivity contribution < 1.29 is 4.57 Å². The smallest absolute Gasteiger partial charge is 0.224 e. The van der Waals surface area contributed by atoms with E-state index in [4.69, 9.17) is 0 Å². The summed E-state index contributed by atoms with van der Waals surface area (Å²) in [6, 6.07) is 29.8. The van der Waals surface area contributed by atoms with E-state index in [1.54, 1.807) is 0 Å². The summed E-state index contributed by atoms with van der Waals surface area (Å²) in [6.07, 6.45) is 8.98. The zero-order valence-corrected chi connectivity index (χ0v) is 21.6. The number of hydrogen-bond donors (Lipinski definition) is 0. The predicted octanol–water partition coefficient (Wildman–Crippen LogP) is 8.84. The van der Waals surface area contributed by atoms with E-state index in [0.717, 1.165) is 0 Å². The first-order valence-corrected chi connectivity index (χ1v) is 13.8. The molecule has 7 aromatic rings. The van der Waals surface area contributed by atoms with E-state index in [1.165, 1.54) is 103 Å². The Labute approximate surface area is 217 Å². The Bertz CT molecular complexity index is 1970. The first-order chi connectivity index (χ1) is 18.2. The number of benzene rings is 4. The second-order valence-electron chi connectivity index (χ2n) is 11.2. The van der Waals surface area contributed by atoms with Crippen LogP contribution in [0.4, 0.5) is 0 Å². The van der Waals surface area contributed by atoms with Gasteiger partial charge in [0.15, 0.2) is 6.20 Å². The molecule has 0 spiro atoms. The Morgan fingerprint density at radius 2 is 1.59 bits per heavy atom. The van der Waals surface area contributed by atoms with Gasteiger partial charge in [-0.05, 0) is 65.5 Å². The fraction of sp³-hybridized carbons (Fsp3) is 0.229. The topological polar surface area (TPSA) is 8.29 Å². The summed E-state index contributed by atoms with van der Waals surface area (Å²) < 4.78 is 4.94. The lowest BCUT2D eigenvalue weighted by Crippen LogP contribution is -2.29. The monoisotopic (exact) mass is 479 g/mol. The number of aryl methyl sites for hydroxylation is 2. The molecule has 0 N–H and O–H groups in total. The van der Waals surface area contributed by atoms with E-state index in [0.29, 0.717) is 5.92 Å². The maximum atomic E-state index is 2.60. The summed E-state index contributed by atoms with van der Waals surface area (Å²) in [5, 5.41) is 6.83. The van der Waals surface area contributed by atoms with Crippen LogP contribution in [0.25, 0.3) is 60.1 Å². The molecule has 2 nitrogen and oxygen atoms in total. The summed E-state index contributed by atoms with van der Waals surface area (Å²) >= 11 is 0. The molecule has 3 heterocycles. The average Bonchev–Trinajstić information content (AvgIpc) is 3.29. The molecule has 0 saturated heterocycles. The van der Waals surface area contributed by atoms with Crippen molar-refractivity contribution in [1.82, 2.24) is 4.40 Å². The molecule has 2 heteroatoms. The van der Waals surface area contributed by atoms with E-state index < -0.39 is 0 Å². The molecule has 1 fully saturated rings. The standard InChI is InChI=1S/C35H31N2/c1-22-16-17-28-33-27(24-12-7-4-8-13-24)14-9-15-29(33)37-30-21-26(23-10-5-3-6-11-23)20-25-18-19-36(2)35(32(25)30)31(22)34(28)37/h4,7-9,12-21,23H,3,5-6,10-11H2,1-2H3/q+1. The minimum absolute atomic E-state index is 0.669. The quantitative estimate of drug-likeness (QED) is 0.133. The van der Waals surface area contributed by atoms with E-state index in [1.807, 2.05) is 0 Å². The van der Waals surface area contributed by atoms with Crippen molar-refractivity contribution in [2.45, 2.75) is 44.9 Å². The third-order valence-electron chi connectivity index (χ3n) is 9.04. The molecule has 0 amide bonds. The largest absolute Gasteiger partial charge is 0.307 e. The molecule has 3 aromatic heterocycles. The highest BCUT2D eigenvalue weighted by atomic mass is 15.0. The normalized spacial score (nSPS) is 15.2. The van der Waals surface area contributed by atoms with Gasteiger partial charge in [-0.2, -0.15) is 0 Å². The number of aromatic nitrogens is 2. The molecule has 1 saturated carbocycles. The molecule has 8 rings (SSSR count). The van der Waals surface area contributed by atoms with Crippen LogP contribution < -0.4 is 4.57 Å². The fourth-order valence-electron chi connectivity index (χ4n) is 7.32. The predicted molar refractivity (Wildman–Crippen MR) is 156 cm³/mol. The lowest BCUT2D eigenvalue weighted by Gasteiger charge is -2.23. The molecule has 0 unspecified atom stereocenters. The van der Waals surface area contributed by atoms with Crippen LogP contribution in [0.5, 0.6) is 0 Å². The maximum absolute atomic E-state index is 2.60. The van der Waals surface area contributed by atoms with Crippen molar-refractivity contribution in [3.05, 3.63) is 96.2 Å². The van der Waals surface area contributed by atoms with Crippen molar-refractivity contribution in [3.8, 4) is 11.1 Å². The molecule has 0 bridgehead atoms. The molecule has 0 atom stereocenters. The summed E-state index contributed by atoms with van der Waals surface area (Å²) in [6.45, 7) is 2.27. The number of nitrogens with zero attached hydrogens (tertiary/aromatic N) is 2. The van der Waals surface area contributed by atoms with E-state index in [9.17, 15) is 0 Å². The summed E-state index contributed by atoms with van der Waals surface area (Å²) in [7, 11) is 2.21. The zero-order chi connectivity index (χ0) is 24.7. The van der Waals surface area contributed by atoms with Crippen molar-refractivity contribution in [1.29, 1.82) is 0 Å². The minimum Gasteiger partial charge on any atom is -0.307 e. The van der Waals surface area contributed by atoms with Crippen LogP contribution >= 0.6 is 0 Å². The highest BCUT2D eigenvalue weighted by Gasteiger charge is 2.26. The molecule has 4 aromatic carbocycles. The first-order valence-electron chi connectivity index (χ1n) is 13.8. The number of rotatable bonds is 2. The Morgan fingerprint density at radius 3 is 2.43 bits per heavy atom. The second-order valence-corrected chi connectivity index (χ2v) is 11.2. The molecule has 37 heavy (non-hydrogen) atoms. The van der Waals surface area contributed by atoms with Gasteiger partial charge < -0.3 is 4.40 Å². The lowest BCUT2D eigenvalue weighted by molar-refractivity contribution is -0.643. The van der Waals surface area contributed by atoms with Crippen LogP contribution in [0.3, 0.4) is 0 Å². The Kier molecular flexibility index (Phi) is 4.47. The summed E-state index contributed by atoms with van der Waals surface area (Å²) in [5.41, 5.74) is 10.8. The second kappa shape index (κ2) is 7.79. The summed E-state index contributed by atoms with van der Waals surface area (Å²) in [4.78, 5) is 0. The number of pyridine rings is 2. The van der Waals surface area contributed by atoms with Crippen LogP contribution in [0.1, 0.15) is 49.1 Å². The van der Waals surface area contributed by atoms with Gasteiger partial charge in [0.2, 0.25) is 5.52 Å². The Balaban J connectivity index is 1.63. The van der Waals surface area contributed by atoms with Gasteiger partial charge in [0.05, 0.1) is 27.3 Å².